The number of hydrogen-bond donors (Lipinski definition) is 0. The lowest BCUT2D eigenvalue weighted by molar-refractivity contribution is 0.779. The van der Waals surface area contributed by atoms with Crippen molar-refractivity contribution in [3.05, 3.63) is 24.3 Å². The Labute approximate surface area is 65.7 Å². The summed E-state index contributed by atoms with van der Waals surface area (Å²) >= 11 is 0. The number of hydrogen-bond acceptors (Lipinski definition) is 3. The van der Waals surface area contributed by atoms with E-state index < -0.39 is 0 Å². The van der Waals surface area contributed by atoms with Crippen molar-refractivity contribution in [3.63, 3.8) is 0 Å². The Morgan fingerprint density at radius 3 is 2.91 bits per heavy atom. The Kier molecular flexibility index (Phi) is 2.56. The van der Waals surface area contributed by atoms with Gasteiger partial charge >= 0.3 is 0 Å². The maximum Gasteiger partial charge on any atom is 0.0897 e. The monoisotopic (exact) mass is 147 g/mol. The van der Waals surface area contributed by atoms with E-state index in [1.165, 1.54) is 0 Å². The van der Waals surface area contributed by atoms with Crippen LogP contribution in [0.15, 0.2) is 18.6 Å². The van der Waals surface area contributed by atoms with Gasteiger partial charge in [-0.05, 0) is 6.42 Å². The van der Waals surface area contributed by atoms with Gasteiger partial charge in [0.05, 0.1) is 17.7 Å². The number of nitriles is 1. The first-order valence-electron chi connectivity index (χ1n) is 3.54. The minimum Gasteiger partial charge on any atom is -0.261 e. The zero-order valence-electron chi connectivity index (χ0n) is 6.36. The average molecular weight is 147 g/mol. The summed E-state index contributed by atoms with van der Waals surface area (Å²) in [6.45, 7) is 1.96. The fraction of sp³-hybridized carbons (Fsp3) is 0.375. The molecule has 0 amide bonds. The van der Waals surface area contributed by atoms with Crippen molar-refractivity contribution in [2.24, 2.45) is 0 Å². The molecule has 0 aliphatic heterocycles. The molecule has 0 bridgehead atoms. The Bertz CT molecular complexity index is 250. The average Bonchev–Trinajstić information content (AvgIpc) is 2.09. The van der Waals surface area contributed by atoms with Gasteiger partial charge in [0.2, 0.25) is 0 Å². The Morgan fingerprint density at radius 2 is 2.45 bits per heavy atom. The second-order valence-corrected chi connectivity index (χ2v) is 2.22. The minimum absolute atomic E-state index is 0.108. The molecule has 3 heteroatoms. The molecule has 0 saturated carbocycles. The van der Waals surface area contributed by atoms with Crippen LogP contribution in [0.1, 0.15) is 25.0 Å². The van der Waals surface area contributed by atoms with Crippen molar-refractivity contribution in [2.45, 2.75) is 19.3 Å². The van der Waals surface area contributed by atoms with Gasteiger partial charge in [-0.3, -0.25) is 9.97 Å². The van der Waals surface area contributed by atoms with Crippen molar-refractivity contribution < 1.29 is 0 Å². The molecule has 1 heterocycles. The molecule has 0 spiro atoms. The zero-order valence-corrected chi connectivity index (χ0v) is 6.36. The van der Waals surface area contributed by atoms with Crippen molar-refractivity contribution in [1.29, 1.82) is 5.26 Å². The molecule has 1 rings (SSSR count). The van der Waals surface area contributed by atoms with Crippen LogP contribution in [0, 0.1) is 11.3 Å². The molecule has 56 valence electrons. The molecular formula is C8H9N3. The Hall–Kier alpha value is -1.43. The summed E-state index contributed by atoms with van der Waals surface area (Å²) in [6.07, 6.45) is 5.63. The topological polar surface area (TPSA) is 49.6 Å². The van der Waals surface area contributed by atoms with E-state index in [4.69, 9.17) is 5.26 Å². The highest BCUT2D eigenvalue weighted by Crippen LogP contribution is 2.13. The summed E-state index contributed by atoms with van der Waals surface area (Å²) in [4.78, 5) is 7.92. The molecule has 1 aromatic rings. The third kappa shape index (κ3) is 1.74. The van der Waals surface area contributed by atoms with Crippen LogP contribution in [0.3, 0.4) is 0 Å². The van der Waals surface area contributed by atoms with Gasteiger partial charge in [-0.15, -0.1) is 0 Å². The predicted molar refractivity (Wildman–Crippen MR) is 40.7 cm³/mol. The number of nitrogens with zero attached hydrogens (tertiary/aromatic N) is 3. The first kappa shape index (κ1) is 7.67. The highest BCUT2D eigenvalue weighted by atomic mass is 14.8. The van der Waals surface area contributed by atoms with Crippen LogP contribution >= 0.6 is 0 Å². The van der Waals surface area contributed by atoms with Gasteiger partial charge in [0.25, 0.3) is 0 Å². The van der Waals surface area contributed by atoms with E-state index in [-0.39, 0.29) is 5.92 Å². The Morgan fingerprint density at radius 1 is 1.64 bits per heavy atom. The highest BCUT2D eigenvalue weighted by molar-refractivity contribution is 5.11. The van der Waals surface area contributed by atoms with Crippen molar-refractivity contribution in [3.8, 4) is 6.07 Å². The molecule has 0 N–H and O–H groups in total. The molecule has 0 fully saturated rings. The van der Waals surface area contributed by atoms with Crippen molar-refractivity contribution in [2.75, 3.05) is 0 Å². The molecule has 0 radical (unpaired) electrons. The molecule has 1 unspecified atom stereocenters. The van der Waals surface area contributed by atoms with Gasteiger partial charge in [0.15, 0.2) is 0 Å². The van der Waals surface area contributed by atoms with Crippen LogP contribution in [0.2, 0.25) is 0 Å². The van der Waals surface area contributed by atoms with Crippen LogP contribution in [0.4, 0.5) is 0 Å². The maximum atomic E-state index is 8.66. The van der Waals surface area contributed by atoms with Crippen LogP contribution in [-0.4, -0.2) is 9.97 Å². The molecular weight excluding hydrogens is 138 g/mol. The fourth-order valence-corrected chi connectivity index (χ4v) is 0.857. The van der Waals surface area contributed by atoms with Crippen LogP contribution in [-0.2, 0) is 0 Å². The molecule has 0 saturated heterocycles. The SMILES string of the molecule is CCC(C#N)c1cnccn1. The first-order chi connectivity index (χ1) is 5.38. The molecule has 1 aromatic heterocycles. The van der Waals surface area contributed by atoms with Gasteiger partial charge in [-0.2, -0.15) is 5.26 Å². The van der Waals surface area contributed by atoms with Gasteiger partial charge in [-0.1, -0.05) is 6.92 Å². The van der Waals surface area contributed by atoms with E-state index in [1.54, 1.807) is 18.6 Å². The lowest BCUT2D eigenvalue weighted by atomic mass is 10.1. The lowest BCUT2D eigenvalue weighted by Gasteiger charge is -2.01. The van der Waals surface area contributed by atoms with E-state index in [1.807, 2.05) is 6.92 Å². The van der Waals surface area contributed by atoms with Crippen LogP contribution < -0.4 is 0 Å². The molecule has 3 nitrogen and oxygen atoms in total. The summed E-state index contributed by atoms with van der Waals surface area (Å²) in [5.74, 6) is -0.108. The molecule has 0 aliphatic rings. The summed E-state index contributed by atoms with van der Waals surface area (Å²) in [7, 11) is 0. The highest BCUT2D eigenvalue weighted by Gasteiger charge is 2.07. The normalized spacial score (nSPS) is 12.0. The number of aromatic nitrogens is 2. The Balaban J connectivity index is 2.85. The third-order valence-electron chi connectivity index (χ3n) is 1.50. The molecule has 1 atom stereocenters. The summed E-state index contributed by atoms with van der Waals surface area (Å²) in [5, 5.41) is 8.66. The van der Waals surface area contributed by atoms with E-state index in [0.29, 0.717) is 0 Å². The van der Waals surface area contributed by atoms with Crippen molar-refractivity contribution in [1.82, 2.24) is 9.97 Å². The smallest absolute Gasteiger partial charge is 0.0897 e. The van der Waals surface area contributed by atoms with Crippen LogP contribution in [0.25, 0.3) is 0 Å². The summed E-state index contributed by atoms with van der Waals surface area (Å²) in [6, 6.07) is 2.17. The van der Waals surface area contributed by atoms with E-state index in [2.05, 4.69) is 16.0 Å². The van der Waals surface area contributed by atoms with E-state index in [0.717, 1.165) is 12.1 Å². The second kappa shape index (κ2) is 3.67. The largest absolute Gasteiger partial charge is 0.261 e. The standard InChI is InChI=1S/C8H9N3/c1-2-7(5-9)8-6-10-3-4-11-8/h3-4,6-7H,2H2,1H3. The second-order valence-electron chi connectivity index (χ2n) is 2.22. The van der Waals surface area contributed by atoms with Crippen molar-refractivity contribution >= 4 is 0 Å². The number of rotatable bonds is 2. The van der Waals surface area contributed by atoms with Gasteiger partial charge in [-0.25, -0.2) is 0 Å². The van der Waals surface area contributed by atoms with E-state index >= 15 is 0 Å². The van der Waals surface area contributed by atoms with Gasteiger partial charge in [0.1, 0.15) is 0 Å². The quantitative estimate of drug-likeness (QED) is 0.636. The zero-order chi connectivity index (χ0) is 8.10. The molecule has 0 aliphatic carbocycles. The van der Waals surface area contributed by atoms with Gasteiger partial charge in [0, 0.05) is 18.6 Å². The van der Waals surface area contributed by atoms with Crippen LogP contribution in [0.5, 0.6) is 0 Å². The summed E-state index contributed by atoms with van der Waals surface area (Å²) in [5.41, 5.74) is 0.762. The molecule has 0 aromatic carbocycles. The fourth-order valence-electron chi connectivity index (χ4n) is 0.857. The predicted octanol–water partition coefficient (Wildman–Crippen LogP) is 1.49. The summed E-state index contributed by atoms with van der Waals surface area (Å²) < 4.78 is 0. The third-order valence-corrected chi connectivity index (χ3v) is 1.50. The lowest BCUT2D eigenvalue weighted by Crippen LogP contribution is -1.96. The molecule has 11 heavy (non-hydrogen) atoms. The maximum absolute atomic E-state index is 8.66. The minimum atomic E-state index is -0.108. The van der Waals surface area contributed by atoms with E-state index in [9.17, 15) is 0 Å². The first-order valence-corrected chi connectivity index (χ1v) is 3.54. The van der Waals surface area contributed by atoms with Gasteiger partial charge < -0.3 is 0 Å².